The molecular formula is C20H25N5. The van der Waals surface area contributed by atoms with Crippen molar-refractivity contribution in [2.24, 2.45) is 5.92 Å². The standard InChI is InChI=1S/C20H25N5/c1-15-5-6-19-23-13-18(25(19)14-15)12-22-11-17-7-9-24(2)20(17)16-4-3-8-21-10-16/h3-6,8,10,13-14,17,20,22H,7,9,11-12H2,1-2H3/t17-,20-/m0/s1. The number of hydrogen-bond donors (Lipinski definition) is 1. The minimum absolute atomic E-state index is 0.450. The molecule has 0 aromatic carbocycles. The summed E-state index contributed by atoms with van der Waals surface area (Å²) in [5, 5.41) is 3.65. The van der Waals surface area contributed by atoms with Crippen molar-refractivity contribution in [2.45, 2.75) is 25.9 Å². The Morgan fingerprint density at radius 2 is 2.16 bits per heavy atom. The molecule has 1 N–H and O–H groups in total. The molecule has 0 saturated carbocycles. The van der Waals surface area contributed by atoms with Gasteiger partial charge in [-0.15, -0.1) is 0 Å². The fourth-order valence-electron chi connectivity index (χ4n) is 3.97. The Balaban J connectivity index is 1.43. The van der Waals surface area contributed by atoms with E-state index in [4.69, 9.17) is 0 Å². The first kappa shape index (κ1) is 16.2. The number of hydrogen-bond acceptors (Lipinski definition) is 4. The van der Waals surface area contributed by atoms with Gasteiger partial charge in [0, 0.05) is 37.7 Å². The lowest BCUT2D eigenvalue weighted by Gasteiger charge is -2.25. The van der Waals surface area contributed by atoms with E-state index in [1.54, 1.807) is 0 Å². The van der Waals surface area contributed by atoms with E-state index >= 15 is 0 Å². The maximum Gasteiger partial charge on any atom is 0.136 e. The van der Waals surface area contributed by atoms with Crippen molar-refractivity contribution in [3.63, 3.8) is 0 Å². The third-order valence-corrected chi connectivity index (χ3v) is 5.24. The third-order valence-electron chi connectivity index (χ3n) is 5.24. The number of imidazole rings is 1. The second-order valence-corrected chi connectivity index (χ2v) is 7.08. The molecule has 5 nitrogen and oxygen atoms in total. The van der Waals surface area contributed by atoms with E-state index in [1.165, 1.54) is 23.2 Å². The van der Waals surface area contributed by atoms with Gasteiger partial charge in [0.1, 0.15) is 5.65 Å². The Morgan fingerprint density at radius 3 is 3.00 bits per heavy atom. The molecule has 130 valence electrons. The van der Waals surface area contributed by atoms with Crippen molar-refractivity contribution >= 4 is 5.65 Å². The van der Waals surface area contributed by atoms with Crippen LogP contribution in [0.5, 0.6) is 0 Å². The van der Waals surface area contributed by atoms with Crippen LogP contribution in [0.3, 0.4) is 0 Å². The first-order valence-electron chi connectivity index (χ1n) is 8.96. The van der Waals surface area contributed by atoms with Crippen LogP contribution < -0.4 is 5.32 Å². The van der Waals surface area contributed by atoms with Crippen LogP contribution in [0.15, 0.2) is 49.1 Å². The van der Waals surface area contributed by atoms with Crippen LogP contribution in [0.25, 0.3) is 5.65 Å². The summed E-state index contributed by atoms with van der Waals surface area (Å²) in [5.41, 5.74) is 4.79. The smallest absolute Gasteiger partial charge is 0.136 e. The van der Waals surface area contributed by atoms with Gasteiger partial charge in [-0.05, 0) is 56.1 Å². The maximum absolute atomic E-state index is 4.49. The van der Waals surface area contributed by atoms with E-state index in [0.717, 1.165) is 25.3 Å². The molecule has 0 spiro atoms. The summed E-state index contributed by atoms with van der Waals surface area (Å²) in [6.45, 7) is 5.10. The van der Waals surface area contributed by atoms with Gasteiger partial charge in [-0.3, -0.25) is 9.88 Å². The first-order chi connectivity index (χ1) is 12.2. The Kier molecular flexibility index (Phi) is 4.51. The van der Waals surface area contributed by atoms with Gasteiger partial charge in [-0.25, -0.2) is 4.98 Å². The Morgan fingerprint density at radius 1 is 1.24 bits per heavy atom. The topological polar surface area (TPSA) is 45.5 Å². The fourth-order valence-corrected chi connectivity index (χ4v) is 3.97. The molecule has 3 aromatic heterocycles. The van der Waals surface area contributed by atoms with Gasteiger partial charge in [0.15, 0.2) is 0 Å². The summed E-state index contributed by atoms with van der Waals surface area (Å²) in [7, 11) is 2.21. The van der Waals surface area contributed by atoms with E-state index in [0.29, 0.717) is 12.0 Å². The highest BCUT2D eigenvalue weighted by Crippen LogP contribution is 2.35. The lowest BCUT2D eigenvalue weighted by Crippen LogP contribution is -2.28. The number of nitrogens with zero attached hydrogens (tertiary/aromatic N) is 4. The Bertz CT molecular complexity index is 842. The van der Waals surface area contributed by atoms with Gasteiger partial charge in [0.05, 0.1) is 11.9 Å². The molecule has 1 fully saturated rings. The summed E-state index contributed by atoms with van der Waals surface area (Å²) in [6, 6.07) is 8.85. The molecule has 2 atom stereocenters. The van der Waals surface area contributed by atoms with E-state index in [9.17, 15) is 0 Å². The average molecular weight is 335 g/mol. The van der Waals surface area contributed by atoms with Crippen LogP contribution in [0.2, 0.25) is 0 Å². The zero-order valence-corrected chi connectivity index (χ0v) is 14.9. The minimum Gasteiger partial charge on any atom is -0.311 e. The molecule has 1 aliphatic rings. The fraction of sp³-hybridized carbons (Fsp3) is 0.400. The number of rotatable bonds is 5. The number of aromatic nitrogens is 3. The van der Waals surface area contributed by atoms with Gasteiger partial charge < -0.3 is 9.72 Å². The summed E-state index contributed by atoms with van der Waals surface area (Å²) < 4.78 is 2.18. The van der Waals surface area contributed by atoms with Gasteiger partial charge in [0.2, 0.25) is 0 Å². The quantitative estimate of drug-likeness (QED) is 0.779. The van der Waals surface area contributed by atoms with Gasteiger partial charge in [0.25, 0.3) is 0 Å². The van der Waals surface area contributed by atoms with Crippen LogP contribution in [0.1, 0.15) is 29.3 Å². The van der Waals surface area contributed by atoms with Crippen molar-refractivity contribution in [3.8, 4) is 0 Å². The molecule has 5 heteroatoms. The van der Waals surface area contributed by atoms with E-state index in [1.807, 2.05) is 24.7 Å². The summed E-state index contributed by atoms with van der Waals surface area (Å²) >= 11 is 0. The number of fused-ring (bicyclic) bond motifs is 1. The van der Waals surface area contributed by atoms with Gasteiger partial charge in [-0.2, -0.15) is 0 Å². The highest BCUT2D eigenvalue weighted by molar-refractivity contribution is 5.41. The zero-order chi connectivity index (χ0) is 17.2. The van der Waals surface area contributed by atoms with Crippen molar-refractivity contribution in [1.29, 1.82) is 0 Å². The first-order valence-corrected chi connectivity index (χ1v) is 8.96. The van der Waals surface area contributed by atoms with Crippen LogP contribution in [-0.4, -0.2) is 39.4 Å². The largest absolute Gasteiger partial charge is 0.311 e. The molecule has 25 heavy (non-hydrogen) atoms. The molecule has 0 aliphatic carbocycles. The highest BCUT2D eigenvalue weighted by Gasteiger charge is 2.32. The summed E-state index contributed by atoms with van der Waals surface area (Å²) in [6.07, 6.45) is 9.20. The molecule has 0 radical (unpaired) electrons. The Labute approximate surface area is 148 Å². The summed E-state index contributed by atoms with van der Waals surface area (Å²) in [5.74, 6) is 0.607. The molecule has 1 saturated heterocycles. The van der Waals surface area contributed by atoms with Crippen LogP contribution >= 0.6 is 0 Å². The van der Waals surface area contributed by atoms with Crippen molar-refractivity contribution in [1.82, 2.24) is 24.6 Å². The average Bonchev–Trinajstić information content (AvgIpc) is 3.19. The van der Waals surface area contributed by atoms with Crippen LogP contribution in [-0.2, 0) is 6.54 Å². The molecule has 1 aliphatic heterocycles. The predicted octanol–water partition coefficient (Wildman–Crippen LogP) is 2.82. The molecule has 0 amide bonds. The van der Waals surface area contributed by atoms with Crippen molar-refractivity contribution in [3.05, 3.63) is 65.9 Å². The number of pyridine rings is 2. The van der Waals surface area contributed by atoms with Crippen LogP contribution in [0, 0.1) is 12.8 Å². The summed E-state index contributed by atoms with van der Waals surface area (Å²) in [4.78, 5) is 11.2. The molecule has 4 heterocycles. The molecule has 0 unspecified atom stereocenters. The highest BCUT2D eigenvalue weighted by atomic mass is 15.2. The lowest BCUT2D eigenvalue weighted by molar-refractivity contribution is 0.271. The number of likely N-dealkylation sites (tertiary alicyclic amines) is 1. The van der Waals surface area contributed by atoms with Gasteiger partial charge >= 0.3 is 0 Å². The minimum atomic E-state index is 0.450. The SMILES string of the molecule is Cc1ccc2ncc(CNC[C@@H]3CCN(C)[C@H]3c3cccnc3)n2c1. The third kappa shape index (κ3) is 3.30. The predicted molar refractivity (Wildman–Crippen MR) is 99.4 cm³/mol. The Hall–Kier alpha value is -2.24. The van der Waals surface area contributed by atoms with Gasteiger partial charge in [-0.1, -0.05) is 12.1 Å². The molecular weight excluding hydrogens is 310 g/mol. The van der Waals surface area contributed by atoms with Crippen LogP contribution in [0.4, 0.5) is 0 Å². The normalized spacial score (nSPS) is 21.2. The van der Waals surface area contributed by atoms with E-state index in [2.05, 4.69) is 63.0 Å². The maximum atomic E-state index is 4.49. The lowest BCUT2D eigenvalue weighted by atomic mass is 9.95. The van der Waals surface area contributed by atoms with Crippen molar-refractivity contribution < 1.29 is 0 Å². The molecule has 4 rings (SSSR count). The second-order valence-electron chi connectivity index (χ2n) is 7.08. The monoisotopic (exact) mass is 335 g/mol. The van der Waals surface area contributed by atoms with E-state index in [-0.39, 0.29) is 0 Å². The zero-order valence-electron chi connectivity index (χ0n) is 14.9. The molecule has 3 aromatic rings. The van der Waals surface area contributed by atoms with Crippen molar-refractivity contribution in [2.75, 3.05) is 20.1 Å². The molecule has 0 bridgehead atoms. The van der Waals surface area contributed by atoms with E-state index < -0.39 is 0 Å². The number of nitrogens with one attached hydrogen (secondary N) is 1. The second kappa shape index (κ2) is 6.94. The number of aryl methyl sites for hydroxylation is 1.